The fraction of sp³-hybridized carbons (Fsp3) is 0.333. The van der Waals surface area contributed by atoms with Gasteiger partial charge in [-0.1, -0.05) is 0 Å². The largest absolute Gasteiger partial charge is 0.292 e. The number of carbonyl (C=O) groups is 1. The molecule has 0 amide bonds. The number of ketones is 1. The van der Waals surface area contributed by atoms with Crippen molar-refractivity contribution < 1.29 is 4.79 Å². The molecule has 18 heavy (non-hydrogen) atoms. The maximum absolute atomic E-state index is 12.1. The molecule has 2 rings (SSSR count). The van der Waals surface area contributed by atoms with E-state index in [1.165, 1.54) is 6.20 Å². The van der Waals surface area contributed by atoms with Crippen LogP contribution >= 0.6 is 15.9 Å². The molecule has 0 saturated carbocycles. The Hall–Kier alpha value is -1.56. The number of hydrogen-bond acceptors (Lipinski definition) is 4. The number of nitrogens with zero attached hydrogens (tertiary/aromatic N) is 4. The summed E-state index contributed by atoms with van der Waals surface area (Å²) in [5.41, 5.74) is 2.89. The number of hydrogen-bond donors (Lipinski definition) is 0. The normalized spacial score (nSPS) is 10.7. The smallest absolute Gasteiger partial charge is 0.188 e. The first-order valence-corrected chi connectivity index (χ1v) is 6.28. The van der Waals surface area contributed by atoms with Gasteiger partial charge in [0.25, 0.3) is 0 Å². The maximum Gasteiger partial charge on any atom is 0.188 e. The lowest BCUT2D eigenvalue weighted by Crippen LogP contribution is -2.10. The van der Waals surface area contributed by atoms with Crippen molar-refractivity contribution >= 4 is 21.7 Å². The Labute approximate surface area is 113 Å². The minimum atomic E-state index is -0.0637. The van der Waals surface area contributed by atoms with E-state index >= 15 is 0 Å². The van der Waals surface area contributed by atoms with Crippen LogP contribution in [-0.2, 0) is 13.5 Å². The van der Waals surface area contributed by atoms with Crippen molar-refractivity contribution in [3.05, 3.63) is 39.6 Å². The zero-order valence-corrected chi connectivity index (χ0v) is 12.0. The Kier molecular flexibility index (Phi) is 3.56. The van der Waals surface area contributed by atoms with E-state index < -0.39 is 0 Å². The summed E-state index contributed by atoms with van der Waals surface area (Å²) >= 11 is 3.44. The average Bonchev–Trinajstić information content (AvgIpc) is 2.57. The second-order valence-electron chi connectivity index (χ2n) is 4.11. The summed E-state index contributed by atoms with van der Waals surface area (Å²) in [6.07, 6.45) is 3.36. The van der Waals surface area contributed by atoms with Gasteiger partial charge < -0.3 is 0 Å². The quantitative estimate of drug-likeness (QED) is 0.814. The third-order valence-electron chi connectivity index (χ3n) is 2.66. The van der Waals surface area contributed by atoms with Gasteiger partial charge in [0.2, 0.25) is 0 Å². The topological polar surface area (TPSA) is 60.7 Å². The number of Topliss-reactive ketones (excluding diaryl/α,β-unsaturated/α-hetero) is 1. The van der Waals surface area contributed by atoms with Crippen LogP contribution < -0.4 is 0 Å². The van der Waals surface area contributed by atoms with Gasteiger partial charge >= 0.3 is 0 Å². The summed E-state index contributed by atoms with van der Waals surface area (Å²) in [5.74, 6) is -0.0637. The Morgan fingerprint density at radius 1 is 1.33 bits per heavy atom. The molecule has 0 saturated heterocycles. The van der Waals surface area contributed by atoms with E-state index in [-0.39, 0.29) is 12.2 Å². The average molecular weight is 309 g/mol. The first kappa shape index (κ1) is 12.9. The molecule has 2 heterocycles. The molecular weight excluding hydrogens is 296 g/mol. The SMILES string of the molecule is Cc1cnc(C(=O)Cc2c(Br)c(C)nn2C)cn1. The Balaban J connectivity index is 2.24. The molecule has 0 aliphatic carbocycles. The highest BCUT2D eigenvalue weighted by molar-refractivity contribution is 9.10. The van der Waals surface area contributed by atoms with Crippen LogP contribution in [-0.4, -0.2) is 25.5 Å². The molecule has 5 nitrogen and oxygen atoms in total. The number of rotatable bonds is 3. The molecule has 0 atom stereocenters. The van der Waals surface area contributed by atoms with Gasteiger partial charge in [0, 0.05) is 13.2 Å². The van der Waals surface area contributed by atoms with Crippen molar-refractivity contribution in [1.29, 1.82) is 0 Å². The maximum atomic E-state index is 12.1. The summed E-state index contributed by atoms with van der Waals surface area (Å²) in [4.78, 5) is 20.2. The molecule has 2 aromatic rings. The number of carbonyl (C=O) groups excluding carboxylic acids is 1. The molecule has 0 spiro atoms. The van der Waals surface area contributed by atoms with Crippen LogP contribution in [0.2, 0.25) is 0 Å². The summed E-state index contributed by atoms with van der Waals surface area (Å²) in [5, 5.41) is 4.25. The first-order chi connectivity index (χ1) is 8.49. The van der Waals surface area contributed by atoms with E-state index in [1.807, 2.05) is 20.9 Å². The third-order valence-corrected chi connectivity index (χ3v) is 3.69. The van der Waals surface area contributed by atoms with Crippen molar-refractivity contribution in [3.63, 3.8) is 0 Å². The molecule has 94 valence electrons. The van der Waals surface area contributed by atoms with E-state index in [4.69, 9.17) is 0 Å². The van der Waals surface area contributed by atoms with Gasteiger partial charge in [-0.15, -0.1) is 0 Å². The Morgan fingerprint density at radius 3 is 2.56 bits per heavy atom. The van der Waals surface area contributed by atoms with E-state index in [9.17, 15) is 4.79 Å². The summed E-state index contributed by atoms with van der Waals surface area (Å²) < 4.78 is 2.58. The van der Waals surface area contributed by atoms with Crippen LogP contribution in [0.15, 0.2) is 16.9 Å². The van der Waals surface area contributed by atoms with Crippen molar-refractivity contribution in [2.45, 2.75) is 20.3 Å². The predicted molar refractivity (Wildman–Crippen MR) is 70.4 cm³/mol. The van der Waals surface area contributed by atoms with Crippen molar-refractivity contribution in [2.75, 3.05) is 0 Å². The second-order valence-corrected chi connectivity index (χ2v) is 4.91. The third kappa shape index (κ3) is 2.48. The van der Waals surface area contributed by atoms with Crippen LogP contribution in [0.4, 0.5) is 0 Å². The van der Waals surface area contributed by atoms with Crippen LogP contribution in [0.3, 0.4) is 0 Å². The van der Waals surface area contributed by atoms with Gasteiger partial charge in [0.15, 0.2) is 5.78 Å². The summed E-state index contributed by atoms with van der Waals surface area (Å²) in [7, 11) is 1.82. The Bertz CT molecular complexity index is 589. The fourth-order valence-corrected chi connectivity index (χ4v) is 2.13. The minimum absolute atomic E-state index is 0.0637. The number of aryl methyl sites for hydroxylation is 3. The van der Waals surface area contributed by atoms with Crippen molar-refractivity contribution in [2.24, 2.45) is 7.05 Å². The highest BCUT2D eigenvalue weighted by Crippen LogP contribution is 2.21. The van der Waals surface area contributed by atoms with Gasteiger partial charge in [-0.05, 0) is 29.8 Å². The lowest BCUT2D eigenvalue weighted by Gasteiger charge is -2.02. The number of aromatic nitrogens is 4. The Morgan fingerprint density at radius 2 is 2.06 bits per heavy atom. The zero-order chi connectivity index (χ0) is 13.3. The monoisotopic (exact) mass is 308 g/mol. The molecular formula is C12H13BrN4O. The van der Waals surface area contributed by atoms with Crippen LogP contribution in [0.25, 0.3) is 0 Å². The summed E-state index contributed by atoms with van der Waals surface area (Å²) in [6, 6.07) is 0. The minimum Gasteiger partial charge on any atom is -0.292 e. The highest BCUT2D eigenvalue weighted by atomic mass is 79.9. The van der Waals surface area contributed by atoms with Gasteiger partial charge in [-0.25, -0.2) is 4.98 Å². The molecule has 2 aromatic heterocycles. The molecule has 0 N–H and O–H groups in total. The molecule has 0 aliphatic rings. The van der Waals surface area contributed by atoms with E-state index in [1.54, 1.807) is 10.9 Å². The van der Waals surface area contributed by atoms with Gasteiger partial charge in [0.1, 0.15) is 5.69 Å². The van der Waals surface area contributed by atoms with E-state index in [0.29, 0.717) is 5.69 Å². The second kappa shape index (κ2) is 4.97. The fourth-order valence-electron chi connectivity index (χ4n) is 1.65. The van der Waals surface area contributed by atoms with Crippen molar-refractivity contribution in [1.82, 2.24) is 19.7 Å². The highest BCUT2D eigenvalue weighted by Gasteiger charge is 2.16. The van der Waals surface area contributed by atoms with E-state index in [0.717, 1.165) is 21.6 Å². The predicted octanol–water partition coefficient (Wildman–Crippen LogP) is 2.01. The first-order valence-electron chi connectivity index (χ1n) is 5.49. The lowest BCUT2D eigenvalue weighted by atomic mass is 10.1. The van der Waals surface area contributed by atoms with Crippen LogP contribution in [0.5, 0.6) is 0 Å². The zero-order valence-electron chi connectivity index (χ0n) is 10.4. The van der Waals surface area contributed by atoms with E-state index in [2.05, 4.69) is 31.0 Å². The standard InChI is InChI=1S/C12H13BrN4O/c1-7-5-15-9(6-14-7)11(18)4-10-12(13)8(2)16-17(10)3/h5-6H,4H2,1-3H3. The number of halogens is 1. The van der Waals surface area contributed by atoms with Crippen LogP contribution in [0, 0.1) is 13.8 Å². The molecule has 6 heteroatoms. The van der Waals surface area contributed by atoms with Crippen LogP contribution in [0.1, 0.15) is 27.6 Å². The lowest BCUT2D eigenvalue weighted by molar-refractivity contribution is 0.0985. The molecule has 0 fully saturated rings. The van der Waals surface area contributed by atoms with Gasteiger partial charge in [0.05, 0.1) is 34.2 Å². The molecule has 0 unspecified atom stereocenters. The summed E-state index contributed by atoms with van der Waals surface area (Å²) in [6.45, 7) is 3.73. The van der Waals surface area contributed by atoms with Crippen molar-refractivity contribution in [3.8, 4) is 0 Å². The molecule has 0 aliphatic heterocycles. The molecule has 0 bridgehead atoms. The van der Waals surface area contributed by atoms with Gasteiger partial charge in [-0.2, -0.15) is 5.10 Å². The van der Waals surface area contributed by atoms with Gasteiger partial charge in [-0.3, -0.25) is 14.5 Å². The molecule has 0 radical (unpaired) electrons. The molecule has 0 aromatic carbocycles.